The predicted molar refractivity (Wildman–Crippen MR) is 71.9 cm³/mol. The van der Waals surface area contributed by atoms with Crippen LogP contribution in [0.3, 0.4) is 0 Å². The highest BCUT2D eigenvalue weighted by molar-refractivity contribution is 5.86. The maximum atomic E-state index is 12.0. The molecule has 0 heterocycles. The molecular formula is C14H24N2O3. The summed E-state index contributed by atoms with van der Waals surface area (Å²) in [6.07, 6.45) is 6.22. The van der Waals surface area contributed by atoms with Gasteiger partial charge in [0.2, 0.25) is 0 Å². The van der Waals surface area contributed by atoms with Crippen LogP contribution in [0.1, 0.15) is 52.4 Å². The second-order valence-corrected chi connectivity index (χ2v) is 6.25. The van der Waals surface area contributed by atoms with Crippen molar-refractivity contribution in [3.05, 3.63) is 0 Å². The molecule has 2 aliphatic rings. The summed E-state index contributed by atoms with van der Waals surface area (Å²) in [7, 11) is 0. The Morgan fingerprint density at radius 1 is 1.16 bits per heavy atom. The van der Waals surface area contributed by atoms with Gasteiger partial charge in [0, 0.05) is 6.04 Å². The molecule has 2 fully saturated rings. The first kappa shape index (κ1) is 14.2. The minimum atomic E-state index is -1.12. The maximum absolute atomic E-state index is 12.0. The lowest BCUT2D eigenvalue weighted by Crippen LogP contribution is -2.58. The van der Waals surface area contributed by atoms with Gasteiger partial charge in [0.15, 0.2) is 0 Å². The number of aliphatic carboxylic acids is 1. The summed E-state index contributed by atoms with van der Waals surface area (Å²) < 4.78 is 0. The van der Waals surface area contributed by atoms with Crippen molar-refractivity contribution in [2.75, 3.05) is 0 Å². The summed E-state index contributed by atoms with van der Waals surface area (Å²) >= 11 is 0. The number of carbonyl (C=O) groups is 2. The zero-order valence-corrected chi connectivity index (χ0v) is 11.7. The maximum Gasteiger partial charge on any atom is 0.329 e. The Kier molecular flexibility index (Phi) is 4.02. The quantitative estimate of drug-likeness (QED) is 0.730. The molecule has 2 rings (SSSR count). The lowest BCUT2D eigenvalue weighted by atomic mass is 9.86. The van der Waals surface area contributed by atoms with Crippen LogP contribution >= 0.6 is 0 Å². The Labute approximate surface area is 114 Å². The molecule has 0 aromatic carbocycles. The first-order valence-corrected chi connectivity index (χ1v) is 7.25. The highest BCUT2D eigenvalue weighted by Gasteiger charge is 2.48. The number of amides is 2. The highest BCUT2D eigenvalue weighted by Crippen LogP contribution is 2.39. The fourth-order valence-corrected chi connectivity index (χ4v) is 2.96. The van der Waals surface area contributed by atoms with E-state index in [9.17, 15) is 14.7 Å². The Balaban J connectivity index is 1.90. The second kappa shape index (κ2) is 5.39. The number of carbonyl (C=O) groups excluding carboxylic acids is 1. The first-order valence-electron chi connectivity index (χ1n) is 7.25. The van der Waals surface area contributed by atoms with Gasteiger partial charge in [0.1, 0.15) is 5.54 Å². The number of hydrogen-bond donors (Lipinski definition) is 3. The Bertz CT molecular complexity index is 368. The topological polar surface area (TPSA) is 78.4 Å². The number of hydrogen-bond acceptors (Lipinski definition) is 2. The summed E-state index contributed by atoms with van der Waals surface area (Å²) in [6, 6.07) is -0.165. The lowest BCUT2D eigenvalue weighted by molar-refractivity contribution is -0.144. The van der Waals surface area contributed by atoms with E-state index in [0.29, 0.717) is 5.92 Å². The minimum Gasteiger partial charge on any atom is -0.480 e. The van der Waals surface area contributed by atoms with E-state index in [1.165, 1.54) is 6.42 Å². The summed E-state index contributed by atoms with van der Waals surface area (Å²) in [5.41, 5.74) is -1.12. The Morgan fingerprint density at radius 3 is 2.32 bits per heavy atom. The normalized spacial score (nSPS) is 30.2. The van der Waals surface area contributed by atoms with Crippen LogP contribution in [0.5, 0.6) is 0 Å². The molecule has 3 atom stereocenters. The van der Waals surface area contributed by atoms with Gasteiger partial charge in [-0.25, -0.2) is 9.59 Å². The van der Waals surface area contributed by atoms with Crippen LogP contribution in [-0.2, 0) is 4.79 Å². The number of nitrogens with one attached hydrogen (secondary N) is 2. The average molecular weight is 268 g/mol. The minimum absolute atomic E-state index is 0.0690. The van der Waals surface area contributed by atoms with E-state index in [1.807, 2.05) is 0 Å². The molecule has 19 heavy (non-hydrogen) atoms. The molecular weight excluding hydrogens is 244 g/mol. The van der Waals surface area contributed by atoms with E-state index in [4.69, 9.17) is 0 Å². The van der Waals surface area contributed by atoms with Crippen LogP contribution in [0.25, 0.3) is 0 Å². The molecule has 108 valence electrons. The molecule has 0 saturated heterocycles. The van der Waals surface area contributed by atoms with Crippen LogP contribution in [0.4, 0.5) is 4.79 Å². The van der Waals surface area contributed by atoms with Crippen molar-refractivity contribution in [1.29, 1.82) is 0 Å². The van der Waals surface area contributed by atoms with Gasteiger partial charge in [-0.3, -0.25) is 0 Å². The Hall–Kier alpha value is -1.26. The van der Waals surface area contributed by atoms with Gasteiger partial charge in [-0.2, -0.15) is 0 Å². The molecule has 0 aromatic rings. The molecule has 5 heteroatoms. The second-order valence-electron chi connectivity index (χ2n) is 6.25. The van der Waals surface area contributed by atoms with Crippen LogP contribution in [0.15, 0.2) is 0 Å². The highest BCUT2D eigenvalue weighted by atomic mass is 16.4. The monoisotopic (exact) mass is 268 g/mol. The number of rotatable bonds is 4. The SMILES string of the molecule is CC1CCCCC1NC(=O)NC(C)(C(=O)O)C1CC1. The van der Waals surface area contributed by atoms with Crippen LogP contribution in [0.2, 0.25) is 0 Å². The van der Waals surface area contributed by atoms with Crippen molar-refractivity contribution in [2.24, 2.45) is 11.8 Å². The van der Waals surface area contributed by atoms with Crippen molar-refractivity contribution in [3.63, 3.8) is 0 Å². The third kappa shape index (κ3) is 3.19. The molecule has 2 saturated carbocycles. The number of carboxylic acids is 1. The Morgan fingerprint density at radius 2 is 1.79 bits per heavy atom. The third-order valence-electron chi connectivity index (χ3n) is 4.64. The lowest BCUT2D eigenvalue weighted by Gasteiger charge is -2.32. The predicted octanol–water partition coefficient (Wildman–Crippen LogP) is 2.12. The fourth-order valence-electron chi connectivity index (χ4n) is 2.96. The van der Waals surface area contributed by atoms with Gasteiger partial charge < -0.3 is 15.7 Å². The van der Waals surface area contributed by atoms with Crippen molar-refractivity contribution in [2.45, 2.75) is 64.0 Å². The largest absolute Gasteiger partial charge is 0.480 e. The molecule has 0 aromatic heterocycles. The molecule has 0 bridgehead atoms. The van der Waals surface area contributed by atoms with E-state index in [0.717, 1.165) is 32.1 Å². The number of carboxylic acid groups (broad SMARTS) is 1. The standard InChI is InChI=1S/C14H24N2O3/c1-9-5-3-4-6-11(9)15-13(19)16-14(2,12(17)18)10-7-8-10/h9-11H,3-8H2,1-2H3,(H,17,18)(H2,15,16,19). The van der Waals surface area contributed by atoms with Crippen LogP contribution < -0.4 is 10.6 Å². The fraction of sp³-hybridized carbons (Fsp3) is 0.857. The van der Waals surface area contributed by atoms with E-state index in [1.54, 1.807) is 6.92 Å². The molecule has 0 radical (unpaired) electrons. The number of urea groups is 1. The molecule has 0 spiro atoms. The zero-order chi connectivity index (χ0) is 14.0. The van der Waals surface area contributed by atoms with E-state index in [-0.39, 0.29) is 18.0 Å². The molecule has 2 aliphatic carbocycles. The first-order chi connectivity index (χ1) is 8.93. The van der Waals surface area contributed by atoms with Gasteiger partial charge in [-0.05, 0) is 44.4 Å². The van der Waals surface area contributed by atoms with E-state index in [2.05, 4.69) is 17.6 Å². The molecule has 0 aliphatic heterocycles. The van der Waals surface area contributed by atoms with Gasteiger partial charge in [0.25, 0.3) is 0 Å². The summed E-state index contributed by atoms with van der Waals surface area (Å²) in [4.78, 5) is 23.4. The van der Waals surface area contributed by atoms with Gasteiger partial charge in [-0.1, -0.05) is 19.8 Å². The summed E-state index contributed by atoms with van der Waals surface area (Å²) in [5.74, 6) is -0.405. The third-order valence-corrected chi connectivity index (χ3v) is 4.64. The molecule has 5 nitrogen and oxygen atoms in total. The van der Waals surface area contributed by atoms with Crippen LogP contribution in [-0.4, -0.2) is 28.7 Å². The van der Waals surface area contributed by atoms with Crippen molar-refractivity contribution >= 4 is 12.0 Å². The van der Waals surface area contributed by atoms with E-state index >= 15 is 0 Å². The van der Waals surface area contributed by atoms with Crippen molar-refractivity contribution in [1.82, 2.24) is 10.6 Å². The van der Waals surface area contributed by atoms with Gasteiger partial charge in [0.05, 0.1) is 0 Å². The van der Waals surface area contributed by atoms with Crippen molar-refractivity contribution < 1.29 is 14.7 Å². The summed E-state index contributed by atoms with van der Waals surface area (Å²) in [6.45, 7) is 3.75. The van der Waals surface area contributed by atoms with E-state index < -0.39 is 11.5 Å². The van der Waals surface area contributed by atoms with Crippen molar-refractivity contribution in [3.8, 4) is 0 Å². The molecule has 3 unspecified atom stereocenters. The average Bonchev–Trinajstić information content (AvgIpc) is 3.16. The van der Waals surface area contributed by atoms with Crippen LogP contribution in [0, 0.1) is 11.8 Å². The van der Waals surface area contributed by atoms with Gasteiger partial charge in [-0.15, -0.1) is 0 Å². The summed E-state index contributed by atoms with van der Waals surface area (Å²) in [5, 5.41) is 14.9. The molecule has 3 N–H and O–H groups in total. The van der Waals surface area contributed by atoms with Gasteiger partial charge >= 0.3 is 12.0 Å². The zero-order valence-electron chi connectivity index (χ0n) is 11.7. The smallest absolute Gasteiger partial charge is 0.329 e. The molecule has 2 amide bonds.